The molecule has 0 radical (unpaired) electrons. The standard InChI is InChI=1S/C23H37Cl2N3O4/c24-17-2-1-16(12-18(17)25)32-14-20(30)27-22-4-7-23(8-5-22,9-6-22)28-21(31)19-11-15(13-29)3-10-26-19/h15-19,26,29H,1-14H2,(H,27,30)(H,28,31). The predicted molar refractivity (Wildman–Crippen MR) is 124 cm³/mol. The quantitative estimate of drug-likeness (QED) is 0.410. The number of fused-ring (bicyclic) bond motifs is 3. The largest absolute Gasteiger partial charge is 0.396 e. The summed E-state index contributed by atoms with van der Waals surface area (Å²) in [5, 5.41) is 19.2. The molecular formula is C23H37Cl2N3O4. The number of hydrogen-bond donors (Lipinski definition) is 4. The number of ether oxygens (including phenoxy) is 1. The summed E-state index contributed by atoms with van der Waals surface area (Å²) >= 11 is 12.4. The van der Waals surface area contributed by atoms with Crippen LogP contribution in [0.25, 0.3) is 0 Å². The van der Waals surface area contributed by atoms with E-state index in [9.17, 15) is 14.7 Å². The van der Waals surface area contributed by atoms with Crippen molar-refractivity contribution in [1.29, 1.82) is 0 Å². The minimum absolute atomic E-state index is 0.00449. The van der Waals surface area contributed by atoms with Gasteiger partial charge in [-0.15, -0.1) is 23.2 Å². The molecule has 0 aromatic heterocycles. The number of piperidine rings is 1. The number of hydrogen-bond acceptors (Lipinski definition) is 5. The Kier molecular flexibility index (Phi) is 7.93. The topological polar surface area (TPSA) is 99.7 Å². The Morgan fingerprint density at radius 2 is 1.59 bits per heavy atom. The Morgan fingerprint density at radius 3 is 2.22 bits per heavy atom. The molecule has 4 saturated carbocycles. The van der Waals surface area contributed by atoms with Gasteiger partial charge in [-0.2, -0.15) is 0 Å². The maximum atomic E-state index is 12.9. The molecule has 32 heavy (non-hydrogen) atoms. The van der Waals surface area contributed by atoms with Crippen molar-refractivity contribution in [1.82, 2.24) is 16.0 Å². The summed E-state index contributed by atoms with van der Waals surface area (Å²) in [5.74, 6) is 0.191. The van der Waals surface area contributed by atoms with E-state index in [4.69, 9.17) is 27.9 Å². The van der Waals surface area contributed by atoms with Crippen LogP contribution in [0.1, 0.15) is 70.6 Å². The molecular weight excluding hydrogens is 453 g/mol. The van der Waals surface area contributed by atoms with E-state index in [1.807, 2.05) is 0 Å². The monoisotopic (exact) mass is 489 g/mol. The average molecular weight is 490 g/mol. The Balaban J connectivity index is 1.22. The van der Waals surface area contributed by atoms with Gasteiger partial charge in [0.05, 0.1) is 22.9 Å². The summed E-state index contributed by atoms with van der Waals surface area (Å²) in [6.45, 7) is 0.972. The first-order valence-electron chi connectivity index (χ1n) is 12.2. The molecule has 0 aromatic rings. The van der Waals surface area contributed by atoms with Gasteiger partial charge in [-0.3, -0.25) is 9.59 Å². The normalized spacial score (nSPS) is 41.8. The van der Waals surface area contributed by atoms with E-state index in [0.717, 1.165) is 64.3 Å². The van der Waals surface area contributed by atoms with Gasteiger partial charge in [-0.1, -0.05) is 0 Å². The first-order chi connectivity index (χ1) is 15.3. The number of halogens is 2. The lowest BCUT2D eigenvalue weighted by atomic mass is 9.61. The molecule has 1 aliphatic heterocycles. The SMILES string of the molecule is O=C(COC1CCC(Cl)C(Cl)C1)NC12CCC(NC(=O)C3CC(CO)CCN3)(CC1)CC2. The highest BCUT2D eigenvalue weighted by Gasteiger charge is 2.50. The van der Waals surface area contributed by atoms with Gasteiger partial charge >= 0.3 is 0 Å². The van der Waals surface area contributed by atoms with Crippen LogP contribution in [0.15, 0.2) is 0 Å². The van der Waals surface area contributed by atoms with Gasteiger partial charge in [-0.05, 0) is 83.1 Å². The molecule has 1 saturated heterocycles. The number of aliphatic hydroxyl groups excluding tert-OH is 1. The molecule has 182 valence electrons. The second-order valence-electron chi connectivity index (χ2n) is 10.5. The van der Waals surface area contributed by atoms with Crippen LogP contribution in [0.2, 0.25) is 0 Å². The number of carbonyl (C=O) groups excluding carboxylic acids is 2. The molecule has 0 aromatic carbocycles. The van der Waals surface area contributed by atoms with Crippen LogP contribution in [0.4, 0.5) is 0 Å². The summed E-state index contributed by atoms with van der Waals surface area (Å²) in [6, 6.07) is -0.220. The minimum atomic E-state index is -0.220. The van der Waals surface area contributed by atoms with E-state index in [2.05, 4.69) is 16.0 Å². The predicted octanol–water partition coefficient (Wildman–Crippen LogP) is 2.21. The zero-order valence-electron chi connectivity index (χ0n) is 18.7. The minimum Gasteiger partial charge on any atom is -0.396 e. The van der Waals surface area contributed by atoms with E-state index in [0.29, 0.717) is 12.8 Å². The van der Waals surface area contributed by atoms with E-state index in [1.54, 1.807) is 0 Å². The number of carbonyl (C=O) groups is 2. The third-order valence-electron chi connectivity index (χ3n) is 8.22. The lowest BCUT2D eigenvalue weighted by Crippen LogP contribution is -2.65. The van der Waals surface area contributed by atoms with Crippen molar-refractivity contribution in [2.45, 2.75) is 105 Å². The summed E-state index contributed by atoms with van der Waals surface area (Å²) in [5.41, 5.74) is -0.343. The van der Waals surface area contributed by atoms with Crippen LogP contribution in [0, 0.1) is 5.92 Å². The van der Waals surface area contributed by atoms with Crippen molar-refractivity contribution in [3.63, 3.8) is 0 Å². The first kappa shape index (κ1) is 24.5. The molecule has 9 heteroatoms. The number of aliphatic hydroxyl groups is 1. The summed E-state index contributed by atoms with van der Waals surface area (Å²) in [4.78, 5) is 25.5. The lowest BCUT2D eigenvalue weighted by molar-refractivity contribution is -0.134. The van der Waals surface area contributed by atoms with Crippen molar-refractivity contribution in [2.24, 2.45) is 5.92 Å². The number of amides is 2. The van der Waals surface area contributed by atoms with Crippen molar-refractivity contribution in [2.75, 3.05) is 19.8 Å². The van der Waals surface area contributed by atoms with E-state index >= 15 is 0 Å². The van der Waals surface area contributed by atoms with Gasteiger partial charge in [0.25, 0.3) is 0 Å². The summed E-state index contributed by atoms with van der Waals surface area (Å²) in [6.07, 6.45) is 9.20. The zero-order valence-corrected chi connectivity index (χ0v) is 20.2. The molecule has 5 aliphatic rings. The van der Waals surface area contributed by atoms with Gasteiger partial charge in [-0.25, -0.2) is 0 Å². The molecule has 1 heterocycles. The maximum Gasteiger partial charge on any atom is 0.246 e. The fourth-order valence-electron chi connectivity index (χ4n) is 5.99. The van der Waals surface area contributed by atoms with Crippen LogP contribution >= 0.6 is 23.2 Å². The molecule has 4 N–H and O–H groups in total. The van der Waals surface area contributed by atoms with Gasteiger partial charge in [0, 0.05) is 17.7 Å². The highest BCUT2D eigenvalue weighted by Crippen LogP contribution is 2.47. The molecule has 5 fully saturated rings. The van der Waals surface area contributed by atoms with Crippen LogP contribution in [-0.2, 0) is 14.3 Å². The van der Waals surface area contributed by atoms with Crippen LogP contribution in [0.3, 0.4) is 0 Å². The van der Waals surface area contributed by atoms with E-state index < -0.39 is 0 Å². The fraction of sp³-hybridized carbons (Fsp3) is 0.913. The average Bonchev–Trinajstić information content (AvgIpc) is 2.81. The molecule has 5 unspecified atom stereocenters. The molecule has 7 nitrogen and oxygen atoms in total. The lowest BCUT2D eigenvalue weighted by Gasteiger charge is -2.54. The second-order valence-corrected chi connectivity index (χ2v) is 11.6. The van der Waals surface area contributed by atoms with Crippen molar-refractivity contribution < 1.29 is 19.4 Å². The third-order valence-corrected chi connectivity index (χ3v) is 9.36. The number of alkyl halides is 2. The van der Waals surface area contributed by atoms with E-state index in [-0.39, 0.29) is 64.9 Å². The Hall–Kier alpha value is -0.600. The van der Waals surface area contributed by atoms with Gasteiger partial charge in [0.15, 0.2) is 0 Å². The van der Waals surface area contributed by atoms with Gasteiger partial charge in [0.2, 0.25) is 11.8 Å². The zero-order chi connectivity index (χ0) is 22.8. The highest BCUT2D eigenvalue weighted by molar-refractivity contribution is 6.30. The molecule has 2 bridgehead atoms. The fourth-order valence-corrected chi connectivity index (χ4v) is 6.54. The third kappa shape index (κ3) is 5.72. The highest BCUT2D eigenvalue weighted by atomic mass is 35.5. The van der Waals surface area contributed by atoms with Crippen LogP contribution in [-0.4, -0.2) is 70.7 Å². The second kappa shape index (κ2) is 10.3. The summed E-state index contributed by atoms with van der Waals surface area (Å²) < 4.78 is 5.83. The van der Waals surface area contributed by atoms with Crippen LogP contribution < -0.4 is 16.0 Å². The Bertz CT molecular complexity index is 670. The smallest absolute Gasteiger partial charge is 0.246 e. The molecule has 0 spiro atoms. The number of rotatable bonds is 7. The first-order valence-corrected chi connectivity index (χ1v) is 13.1. The Morgan fingerprint density at radius 1 is 0.938 bits per heavy atom. The summed E-state index contributed by atoms with van der Waals surface area (Å²) in [7, 11) is 0. The molecule has 2 amide bonds. The van der Waals surface area contributed by atoms with Gasteiger partial charge in [0.1, 0.15) is 6.61 Å². The number of nitrogens with one attached hydrogen (secondary N) is 3. The van der Waals surface area contributed by atoms with Crippen molar-refractivity contribution in [3.8, 4) is 0 Å². The molecule has 5 atom stereocenters. The van der Waals surface area contributed by atoms with Crippen LogP contribution in [0.5, 0.6) is 0 Å². The Labute approximate surface area is 200 Å². The van der Waals surface area contributed by atoms with Crippen molar-refractivity contribution in [3.05, 3.63) is 0 Å². The van der Waals surface area contributed by atoms with E-state index in [1.165, 1.54) is 0 Å². The van der Waals surface area contributed by atoms with Gasteiger partial charge < -0.3 is 25.8 Å². The van der Waals surface area contributed by atoms with Crippen molar-refractivity contribution >= 4 is 35.0 Å². The molecule has 4 aliphatic carbocycles. The maximum absolute atomic E-state index is 12.9. The molecule has 5 rings (SSSR count).